The zero-order valence-electron chi connectivity index (χ0n) is 7.83. The molecule has 0 saturated heterocycles. The van der Waals surface area contributed by atoms with Crippen molar-refractivity contribution in [1.82, 2.24) is 0 Å². The predicted molar refractivity (Wildman–Crippen MR) is 56.8 cm³/mol. The fourth-order valence-corrected chi connectivity index (χ4v) is 2.44. The fourth-order valence-electron chi connectivity index (χ4n) is 1.39. The van der Waals surface area contributed by atoms with Gasteiger partial charge in [-0.05, 0) is 18.2 Å². The number of rotatable bonds is 1. The average Bonchev–Trinajstić information content (AvgIpc) is 2.16. The van der Waals surface area contributed by atoms with Gasteiger partial charge in [0.15, 0.2) is 0 Å². The van der Waals surface area contributed by atoms with Crippen molar-refractivity contribution in [1.29, 1.82) is 0 Å². The molecule has 1 aliphatic heterocycles. The summed E-state index contributed by atoms with van der Waals surface area (Å²) in [6.45, 7) is 3.27. The summed E-state index contributed by atoms with van der Waals surface area (Å²) in [7, 11) is 1.70. The number of fused-ring (bicyclic) bond motifs is 1. The van der Waals surface area contributed by atoms with E-state index in [9.17, 15) is 0 Å². The molecule has 0 aliphatic carbocycles. The summed E-state index contributed by atoms with van der Waals surface area (Å²) >= 11 is 1.90. The van der Waals surface area contributed by atoms with Crippen LogP contribution < -0.4 is 10.1 Å². The maximum Gasteiger partial charge on any atom is 0.120 e. The molecular formula is C10H13NOS. The van der Waals surface area contributed by atoms with Crippen LogP contribution in [0.25, 0.3) is 0 Å². The molecule has 0 saturated carbocycles. The summed E-state index contributed by atoms with van der Waals surface area (Å²) in [5.74, 6) is 0.933. The first-order valence-corrected chi connectivity index (χ1v) is 5.26. The molecule has 2 rings (SSSR count). The minimum absolute atomic E-state index is 0.639. The maximum atomic E-state index is 5.17. The van der Waals surface area contributed by atoms with E-state index in [0.717, 1.165) is 12.3 Å². The summed E-state index contributed by atoms with van der Waals surface area (Å²) in [6.07, 6.45) is 0. The Morgan fingerprint density at radius 2 is 2.38 bits per heavy atom. The molecular weight excluding hydrogens is 182 g/mol. The van der Waals surface area contributed by atoms with Crippen molar-refractivity contribution in [3.05, 3.63) is 18.2 Å². The van der Waals surface area contributed by atoms with Gasteiger partial charge < -0.3 is 10.1 Å². The lowest BCUT2D eigenvalue weighted by atomic mass is 10.3. The molecule has 1 aromatic carbocycles. The van der Waals surface area contributed by atoms with Crippen molar-refractivity contribution < 1.29 is 4.74 Å². The van der Waals surface area contributed by atoms with Crippen LogP contribution in [0, 0.1) is 0 Å². The average molecular weight is 195 g/mol. The smallest absolute Gasteiger partial charge is 0.120 e. The highest BCUT2D eigenvalue weighted by atomic mass is 32.2. The molecule has 1 aliphatic rings. The number of methoxy groups -OCH3 is 1. The molecule has 13 heavy (non-hydrogen) atoms. The fraction of sp³-hybridized carbons (Fsp3) is 0.400. The Morgan fingerprint density at radius 1 is 1.54 bits per heavy atom. The van der Waals surface area contributed by atoms with E-state index in [1.807, 2.05) is 17.8 Å². The summed E-state index contributed by atoms with van der Waals surface area (Å²) < 4.78 is 5.17. The highest BCUT2D eigenvalue weighted by molar-refractivity contribution is 8.00. The molecule has 1 heterocycles. The van der Waals surface area contributed by atoms with Crippen molar-refractivity contribution in [2.45, 2.75) is 17.1 Å². The van der Waals surface area contributed by atoms with E-state index in [2.05, 4.69) is 24.4 Å². The number of ether oxygens (including phenoxy) is 1. The molecule has 1 aromatic rings. The lowest BCUT2D eigenvalue weighted by molar-refractivity contribution is 0.414. The molecule has 2 nitrogen and oxygen atoms in total. The van der Waals surface area contributed by atoms with Crippen molar-refractivity contribution in [2.75, 3.05) is 19.0 Å². The van der Waals surface area contributed by atoms with Gasteiger partial charge in [0.1, 0.15) is 5.75 Å². The second-order valence-corrected chi connectivity index (χ2v) is 4.65. The molecule has 3 heteroatoms. The van der Waals surface area contributed by atoms with Crippen molar-refractivity contribution >= 4 is 17.4 Å². The zero-order chi connectivity index (χ0) is 9.26. The van der Waals surface area contributed by atoms with Gasteiger partial charge in [-0.2, -0.15) is 0 Å². The Bertz CT molecular complexity index is 314. The first-order chi connectivity index (χ1) is 6.29. The van der Waals surface area contributed by atoms with E-state index in [-0.39, 0.29) is 0 Å². The molecule has 1 N–H and O–H groups in total. The van der Waals surface area contributed by atoms with Crippen LogP contribution in [-0.4, -0.2) is 18.9 Å². The number of hydrogen-bond acceptors (Lipinski definition) is 3. The largest absolute Gasteiger partial charge is 0.497 e. The molecule has 1 unspecified atom stereocenters. The Kier molecular flexibility index (Phi) is 2.36. The number of hydrogen-bond donors (Lipinski definition) is 1. The first kappa shape index (κ1) is 8.75. The first-order valence-electron chi connectivity index (χ1n) is 4.38. The van der Waals surface area contributed by atoms with Gasteiger partial charge in [-0.3, -0.25) is 0 Å². The van der Waals surface area contributed by atoms with Gasteiger partial charge in [-0.1, -0.05) is 6.92 Å². The predicted octanol–water partition coefficient (Wildman–Crippen LogP) is 2.60. The van der Waals surface area contributed by atoms with E-state index < -0.39 is 0 Å². The van der Waals surface area contributed by atoms with Crippen LogP contribution in [0.15, 0.2) is 23.1 Å². The standard InChI is InChI=1S/C10H13NOS/c1-7-6-11-9-4-3-8(12-2)5-10(9)13-7/h3-5,7,11H,6H2,1-2H3. The quantitative estimate of drug-likeness (QED) is 0.744. The van der Waals surface area contributed by atoms with E-state index in [0.29, 0.717) is 5.25 Å². The Hall–Kier alpha value is -0.830. The highest BCUT2D eigenvalue weighted by Crippen LogP contribution is 2.36. The number of anilines is 1. The normalized spacial score (nSPS) is 20.3. The van der Waals surface area contributed by atoms with Crippen LogP contribution in [0.1, 0.15) is 6.92 Å². The lowest BCUT2D eigenvalue weighted by Gasteiger charge is -2.22. The summed E-state index contributed by atoms with van der Waals surface area (Å²) in [6, 6.07) is 6.15. The highest BCUT2D eigenvalue weighted by Gasteiger charge is 2.15. The number of thioether (sulfide) groups is 1. The van der Waals surface area contributed by atoms with Gasteiger partial charge in [0.05, 0.1) is 7.11 Å². The van der Waals surface area contributed by atoms with Crippen LogP contribution in [0.2, 0.25) is 0 Å². The molecule has 0 bridgehead atoms. The number of nitrogens with one attached hydrogen (secondary N) is 1. The minimum atomic E-state index is 0.639. The third-order valence-electron chi connectivity index (χ3n) is 2.10. The van der Waals surface area contributed by atoms with E-state index in [1.165, 1.54) is 10.6 Å². The Labute approximate surface area is 82.7 Å². The Morgan fingerprint density at radius 3 is 3.15 bits per heavy atom. The van der Waals surface area contributed by atoms with Crippen LogP contribution in [0.3, 0.4) is 0 Å². The third kappa shape index (κ3) is 1.75. The van der Waals surface area contributed by atoms with Gasteiger partial charge in [0, 0.05) is 22.4 Å². The molecule has 1 atom stereocenters. The molecule has 0 radical (unpaired) electrons. The van der Waals surface area contributed by atoms with Gasteiger partial charge >= 0.3 is 0 Å². The monoisotopic (exact) mass is 195 g/mol. The lowest BCUT2D eigenvalue weighted by Crippen LogP contribution is -2.18. The van der Waals surface area contributed by atoms with Crippen LogP contribution in [-0.2, 0) is 0 Å². The minimum Gasteiger partial charge on any atom is -0.497 e. The summed E-state index contributed by atoms with van der Waals surface area (Å²) in [5, 5.41) is 4.03. The summed E-state index contributed by atoms with van der Waals surface area (Å²) in [4.78, 5) is 1.29. The topological polar surface area (TPSA) is 21.3 Å². The van der Waals surface area contributed by atoms with E-state index >= 15 is 0 Å². The molecule has 0 spiro atoms. The van der Waals surface area contributed by atoms with Crippen molar-refractivity contribution in [3.8, 4) is 5.75 Å². The number of benzene rings is 1. The second kappa shape index (κ2) is 3.50. The van der Waals surface area contributed by atoms with Crippen LogP contribution in [0.4, 0.5) is 5.69 Å². The van der Waals surface area contributed by atoms with Gasteiger partial charge in [-0.25, -0.2) is 0 Å². The molecule has 0 fully saturated rings. The second-order valence-electron chi connectivity index (χ2n) is 3.17. The van der Waals surface area contributed by atoms with E-state index in [1.54, 1.807) is 7.11 Å². The van der Waals surface area contributed by atoms with Gasteiger partial charge in [0.25, 0.3) is 0 Å². The van der Waals surface area contributed by atoms with Crippen molar-refractivity contribution in [2.24, 2.45) is 0 Å². The van der Waals surface area contributed by atoms with Crippen LogP contribution in [0.5, 0.6) is 5.75 Å². The molecule has 0 amide bonds. The van der Waals surface area contributed by atoms with Crippen molar-refractivity contribution in [3.63, 3.8) is 0 Å². The maximum absolute atomic E-state index is 5.17. The molecule has 70 valence electrons. The van der Waals surface area contributed by atoms with Gasteiger partial charge in [0.2, 0.25) is 0 Å². The molecule has 0 aromatic heterocycles. The third-order valence-corrected chi connectivity index (χ3v) is 3.26. The van der Waals surface area contributed by atoms with Crippen LogP contribution >= 0.6 is 11.8 Å². The zero-order valence-corrected chi connectivity index (χ0v) is 8.65. The Balaban J connectivity index is 2.32. The SMILES string of the molecule is COc1ccc2c(c1)SC(C)CN2. The summed E-state index contributed by atoms with van der Waals surface area (Å²) in [5.41, 5.74) is 1.23. The van der Waals surface area contributed by atoms with Gasteiger partial charge in [-0.15, -0.1) is 11.8 Å². The van der Waals surface area contributed by atoms with E-state index in [4.69, 9.17) is 4.74 Å².